The van der Waals surface area contributed by atoms with Crippen molar-refractivity contribution in [2.24, 2.45) is 0 Å². The first kappa shape index (κ1) is 17.6. The number of hydrogen-bond donors (Lipinski definition) is 1. The number of halogens is 1. The fourth-order valence-electron chi connectivity index (χ4n) is 1.99. The molecule has 0 saturated carbocycles. The van der Waals surface area contributed by atoms with Gasteiger partial charge in [-0.05, 0) is 48.9 Å². The maximum absolute atomic E-state index is 12.9. The van der Waals surface area contributed by atoms with Crippen LogP contribution in [0.2, 0.25) is 0 Å². The molecule has 0 aliphatic carbocycles. The van der Waals surface area contributed by atoms with Crippen molar-refractivity contribution < 1.29 is 21.2 Å². The molecule has 0 spiro atoms. The molecule has 2 aromatic carbocycles. The third-order valence-electron chi connectivity index (χ3n) is 3.26. The lowest BCUT2D eigenvalue weighted by molar-refractivity contribution is 0.566. The Hall–Kier alpha value is -1.77. The van der Waals surface area contributed by atoms with Crippen molar-refractivity contribution in [2.75, 3.05) is 6.26 Å². The summed E-state index contributed by atoms with van der Waals surface area (Å²) in [5.74, 6) is -0.520. The van der Waals surface area contributed by atoms with Gasteiger partial charge in [-0.2, -0.15) is 0 Å². The van der Waals surface area contributed by atoms with Gasteiger partial charge in [-0.15, -0.1) is 0 Å². The van der Waals surface area contributed by atoms with Crippen LogP contribution in [0.4, 0.5) is 4.39 Å². The maximum atomic E-state index is 12.9. The number of hydrogen-bond acceptors (Lipinski definition) is 4. The van der Waals surface area contributed by atoms with Crippen LogP contribution in [0.15, 0.2) is 58.3 Å². The molecule has 0 bridgehead atoms. The molecule has 0 aliphatic rings. The van der Waals surface area contributed by atoms with E-state index in [1.54, 1.807) is 19.1 Å². The summed E-state index contributed by atoms with van der Waals surface area (Å²) >= 11 is 0. The van der Waals surface area contributed by atoms with Crippen LogP contribution in [0.25, 0.3) is 0 Å². The van der Waals surface area contributed by atoms with Crippen LogP contribution in [-0.4, -0.2) is 23.1 Å². The highest BCUT2D eigenvalue weighted by atomic mass is 32.2. The molecule has 0 unspecified atom stereocenters. The number of rotatable bonds is 5. The Balaban J connectivity index is 2.21. The minimum atomic E-state index is -3.80. The van der Waals surface area contributed by atoms with Crippen LogP contribution in [0.1, 0.15) is 18.5 Å². The van der Waals surface area contributed by atoms with Crippen LogP contribution < -0.4 is 4.72 Å². The summed E-state index contributed by atoms with van der Waals surface area (Å²) in [7, 11) is -7.10. The van der Waals surface area contributed by atoms with E-state index in [9.17, 15) is 21.2 Å². The van der Waals surface area contributed by atoms with E-state index in [0.717, 1.165) is 18.4 Å². The van der Waals surface area contributed by atoms with Gasteiger partial charge in [0.05, 0.1) is 9.79 Å². The smallest absolute Gasteiger partial charge is 0.224 e. The minimum Gasteiger partial charge on any atom is -0.224 e. The normalized spacial score (nSPS) is 13.7. The van der Waals surface area contributed by atoms with Gasteiger partial charge in [0.2, 0.25) is 10.0 Å². The highest BCUT2D eigenvalue weighted by Crippen LogP contribution is 2.19. The number of sulfonamides is 1. The van der Waals surface area contributed by atoms with Crippen molar-refractivity contribution >= 4 is 19.9 Å². The standard InChI is InChI=1S/C15H16FNO4S2/c1-11(12-3-7-14(8-4-12)22(2,18)19)17-23(20,21)15-9-5-13(16)6-10-15/h3-11,17H,1-2H3/t11-/m0/s1. The van der Waals surface area contributed by atoms with Gasteiger partial charge in [0, 0.05) is 12.3 Å². The predicted octanol–water partition coefficient (Wildman–Crippen LogP) is 2.27. The molecule has 1 atom stereocenters. The molecule has 0 aliphatic heterocycles. The quantitative estimate of drug-likeness (QED) is 0.890. The SMILES string of the molecule is C[C@H](NS(=O)(=O)c1ccc(F)cc1)c1ccc(S(C)(=O)=O)cc1. The third kappa shape index (κ3) is 4.37. The zero-order valence-electron chi connectivity index (χ0n) is 12.5. The Morgan fingerprint density at radius 1 is 0.870 bits per heavy atom. The predicted molar refractivity (Wildman–Crippen MR) is 84.7 cm³/mol. The van der Waals surface area contributed by atoms with Crippen molar-refractivity contribution in [2.45, 2.75) is 22.8 Å². The molecule has 23 heavy (non-hydrogen) atoms. The summed E-state index contributed by atoms with van der Waals surface area (Å²) in [5, 5.41) is 0. The summed E-state index contributed by atoms with van der Waals surface area (Å²) in [6.45, 7) is 1.64. The fraction of sp³-hybridized carbons (Fsp3) is 0.200. The van der Waals surface area contributed by atoms with Gasteiger partial charge in [0.1, 0.15) is 5.82 Å². The van der Waals surface area contributed by atoms with Crippen molar-refractivity contribution in [3.63, 3.8) is 0 Å². The first-order chi connectivity index (χ1) is 10.6. The molecule has 1 N–H and O–H groups in total. The van der Waals surface area contributed by atoms with Crippen molar-refractivity contribution in [3.8, 4) is 0 Å². The van der Waals surface area contributed by atoms with Gasteiger partial charge in [0.15, 0.2) is 9.84 Å². The third-order valence-corrected chi connectivity index (χ3v) is 5.95. The molecule has 0 aromatic heterocycles. The van der Waals surface area contributed by atoms with Crippen molar-refractivity contribution in [1.29, 1.82) is 0 Å². The van der Waals surface area contributed by atoms with E-state index in [-0.39, 0.29) is 9.79 Å². The molecular weight excluding hydrogens is 341 g/mol. The van der Waals surface area contributed by atoms with E-state index in [1.807, 2.05) is 0 Å². The van der Waals surface area contributed by atoms with Gasteiger partial charge in [-0.3, -0.25) is 0 Å². The molecule has 0 saturated heterocycles. The molecule has 8 heteroatoms. The lowest BCUT2D eigenvalue weighted by atomic mass is 10.1. The molecule has 124 valence electrons. The summed E-state index contributed by atoms with van der Waals surface area (Å²) in [6, 6.07) is 9.87. The van der Waals surface area contributed by atoms with Crippen LogP contribution in [-0.2, 0) is 19.9 Å². The van der Waals surface area contributed by atoms with Crippen LogP contribution in [0.5, 0.6) is 0 Å². The Morgan fingerprint density at radius 2 is 1.35 bits per heavy atom. The molecular formula is C15H16FNO4S2. The average Bonchev–Trinajstić information content (AvgIpc) is 2.46. The Morgan fingerprint density at radius 3 is 1.83 bits per heavy atom. The Bertz CT molecular complexity index is 889. The van der Waals surface area contributed by atoms with E-state index in [0.29, 0.717) is 5.56 Å². The molecule has 0 heterocycles. The second-order valence-corrected chi connectivity index (χ2v) is 8.87. The van der Waals surface area contributed by atoms with Gasteiger partial charge in [-0.25, -0.2) is 25.9 Å². The average molecular weight is 357 g/mol. The number of nitrogens with one attached hydrogen (secondary N) is 1. The molecule has 5 nitrogen and oxygen atoms in total. The molecule has 0 fully saturated rings. The molecule has 0 radical (unpaired) electrons. The van der Waals surface area contributed by atoms with E-state index in [2.05, 4.69) is 4.72 Å². The van der Waals surface area contributed by atoms with Crippen LogP contribution in [0, 0.1) is 5.82 Å². The van der Waals surface area contributed by atoms with Crippen molar-refractivity contribution in [3.05, 3.63) is 59.9 Å². The number of sulfone groups is 1. The lowest BCUT2D eigenvalue weighted by Gasteiger charge is -2.15. The minimum absolute atomic E-state index is 0.0430. The Kier molecular flexibility index (Phi) is 4.88. The summed E-state index contributed by atoms with van der Waals surface area (Å²) < 4.78 is 62.6. The lowest BCUT2D eigenvalue weighted by Crippen LogP contribution is -2.26. The van der Waals surface area contributed by atoms with Crippen LogP contribution in [0.3, 0.4) is 0 Å². The summed E-state index contributed by atoms with van der Waals surface area (Å²) in [6.07, 6.45) is 1.10. The van der Waals surface area contributed by atoms with Gasteiger partial charge in [-0.1, -0.05) is 12.1 Å². The molecule has 2 aromatic rings. The zero-order chi connectivity index (χ0) is 17.3. The van der Waals surface area contributed by atoms with Gasteiger partial charge in [0.25, 0.3) is 0 Å². The second-order valence-electron chi connectivity index (χ2n) is 5.14. The topological polar surface area (TPSA) is 80.3 Å². The maximum Gasteiger partial charge on any atom is 0.241 e. The van der Waals surface area contributed by atoms with Gasteiger partial charge >= 0.3 is 0 Å². The highest BCUT2D eigenvalue weighted by Gasteiger charge is 2.18. The Labute approximate surface area is 135 Å². The summed E-state index contributed by atoms with van der Waals surface area (Å²) in [4.78, 5) is 0.119. The zero-order valence-corrected chi connectivity index (χ0v) is 14.2. The van der Waals surface area contributed by atoms with Crippen molar-refractivity contribution in [1.82, 2.24) is 4.72 Å². The fourth-order valence-corrected chi connectivity index (χ4v) is 3.85. The number of benzene rings is 2. The van der Waals surface area contributed by atoms with E-state index >= 15 is 0 Å². The van der Waals surface area contributed by atoms with E-state index in [4.69, 9.17) is 0 Å². The molecule has 2 rings (SSSR count). The monoisotopic (exact) mass is 357 g/mol. The first-order valence-electron chi connectivity index (χ1n) is 6.67. The first-order valence-corrected chi connectivity index (χ1v) is 10.0. The van der Waals surface area contributed by atoms with E-state index < -0.39 is 31.7 Å². The second kappa shape index (κ2) is 6.38. The molecule has 0 amide bonds. The van der Waals surface area contributed by atoms with Crippen LogP contribution >= 0.6 is 0 Å². The summed E-state index contributed by atoms with van der Waals surface area (Å²) in [5.41, 5.74) is 0.614. The van der Waals surface area contributed by atoms with E-state index in [1.165, 1.54) is 24.3 Å². The van der Waals surface area contributed by atoms with Gasteiger partial charge < -0.3 is 0 Å². The highest BCUT2D eigenvalue weighted by molar-refractivity contribution is 7.90. The largest absolute Gasteiger partial charge is 0.241 e.